The van der Waals surface area contributed by atoms with Crippen LogP contribution in [0.15, 0.2) is 53.5 Å². The molecule has 2 aromatic rings. The number of carbonyl (C=O) groups is 1. The molecule has 2 fully saturated rings. The molecule has 4 rings (SSSR count). The Kier molecular flexibility index (Phi) is 8.32. The fraction of sp³-hybridized carbons (Fsp3) is 0.464. The molecule has 2 aromatic carbocycles. The summed E-state index contributed by atoms with van der Waals surface area (Å²) in [4.78, 5) is 17.1. The number of carbonyl (C=O) groups excluding carboxylic acids is 1. The maximum atomic E-state index is 13.1. The quantitative estimate of drug-likeness (QED) is 0.281. The maximum Gasteiger partial charge on any atom is 0.255 e. The van der Waals surface area contributed by atoms with Gasteiger partial charge in [0.15, 0.2) is 0 Å². The highest BCUT2D eigenvalue weighted by molar-refractivity contribution is 5.97. The number of nitrogens with one attached hydrogen (secondary N) is 3. The number of benzene rings is 2. The monoisotopic (exact) mass is 489 g/mol. The number of hydrogen-bond donors (Lipinski definition) is 3. The van der Waals surface area contributed by atoms with E-state index >= 15 is 0 Å². The molecule has 36 heavy (non-hydrogen) atoms. The molecule has 0 bridgehead atoms. The Balaban J connectivity index is 1.49. The first-order valence-corrected chi connectivity index (χ1v) is 12.6. The van der Waals surface area contributed by atoms with Crippen molar-refractivity contribution in [2.24, 2.45) is 10.9 Å². The molecule has 2 saturated carbocycles. The zero-order valence-electron chi connectivity index (χ0n) is 21.0. The molecule has 0 aliphatic heterocycles. The standard InChI is InChI=1S/C28H35N5O3/c1-35-24-9-5-3-7-22(24)26(34)31-18-28(23-8-4-6-10-25(23)36-2)15-13-21(14-16-28)33-27(32-19-29)30-17-20-11-12-20/h3-10,20-21H,11-18H2,1-2H3,(H,31,34)(H2,30,32,33)/t21-,28+. The molecule has 8 nitrogen and oxygen atoms in total. The molecule has 2 aliphatic rings. The lowest BCUT2D eigenvalue weighted by Gasteiger charge is -2.42. The molecule has 0 heterocycles. The summed E-state index contributed by atoms with van der Waals surface area (Å²) in [5.41, 5.74) is 1.34. The van der Waals surface area contributed by atoms with Crippen LogP contribution >= 0.6 is 0 Å². The van der Waals surface area contributed by atoms with Crippen molar-refractivity contribution >= 4 is 11.9 Å². The van der Waals surface area contributed by atoms with Crippen LogP contribution in [0.5, 0.6) is 11.5 Å². The summed E-state index contributed by atoms with van der Waals surface area (Å²) in [7, 11) is 3.25. The van der Waals surface area contributed by atoms with Gasteiger partial charge < -0.3 is 25.4 Å². The first kappa shape index (κ1) is 25.4. The minimum absolute atomic E-state index is 0.158. The van der Waals surface area contributed by atoms with Crippen LogP contribution < -0.4 is 25.4 Å². The summed E-state index contributed by atoms with van der Waals surface area (Å²) < 4.78 is 11.1. The average molecular weight is 490 g/mol. The van der Waals surface area contributed by atoms with Crippen molar-refractivity contribution in [1.29, 1.82) is 5.26 Å². The van der Waals surface area contributed by atoms with Gasteiger partial charge in [-0.15, -0.1) is 4.99 Å². The highest BCUT2D eigenvalue weighted by atomic mass is 16.5. The van der Waals surface area contributed by atoms with E-state index in [2.05, 4.69) is 27.0 Å². The predicted octanol–water partition coefficient (Wildman–Crippen LogP) is 3.74. The highest BCUT2D eigenvalue weighted by Gasteiger charge is 2.39. The highest BCUT2D eigenvalue weighted by Crippen LogP contribution is 2.43. The number of nitriles is 1. The van der Waals surface area contributed by atoms with Crippen LogP contribution in [-0.2, 0) is 5.41 Å². The van der Waals surface area contributed by atoms with Gasteiger partial charge in [0.1, 0.15) is 11.5 Å². The maximum absolute atomic E-state index is 13.1. The van der Waals surface area contributed by atoms with Crippen molar-refractivity contribution in [3.05, 3.63) is 59.7 Å². The number of rotatable bonds is 9. The Morgan fingerprint density at radius 2 is 1.67 bits per heavy atom. The van der Waals surface area contributed by atoms with Crippen LogP contribution in [0.4, 0.5) is 0 Å². The number of methoxy groups -OCH3 is 2. The Morgan fingerprint density at radius 1 is 1.00 bits per heavy atom. The molecule has 0 saturated heterocycles. The Labute approximate surface area is 213 Å². The van der Waals surface area contributed by atoms with Crippen LogP contribution in [0.3, 0.4) is 0 Å². The fourth-order valence-electron chi connectivity index (χ4n) is 5.04. The third-order valence-corrected chi connectivity index (χ3v) is 7.32. The molecule has 8 heteroatoms. The van der Waals surface area contributed by atoms with Crippen molar-refractivity contribution in [2.45, 2.75) is 50.0 Å². The zero-order valence-corrected chi connectivity index (χ0v) is 21.0. The lowest BCUT2D eigenvalue weighted by atomic mass is 9.67. The molecule has 3 N–H and O–H groups in total. The summed E-state index contributed by atoms with van der Waals surface area (Å²) in [5.74, 6) is 2.47. The SMILES string of the molecule is COc1ccccc1C(=O)NC[C@]1(c2ccccc2OC)CC[C@@H](N/C(=N/C#N)NCC2CC2)CC1. The number of hydrogen-bond acceptors (Lipinski definition) is 5. The van der Waals surface area contributed by atoms with Gasteiger partial charge in [0.25, 0.3) is 5.91 Å². The topological polar surface area (TPSA) is 108 Å². The second kappa shape index (κ2) is 11.8. The molecular weight excluding hydrogens is 454 g/mol. The summed E-state index contributed by atoms with van der Waals surface area (Å²) in [5, 5.41) is 19.0. The number of amides is 1. The van der Waals surface area contributed by atoms with E-state index in [0.717, 1.165) is 43.5 Å². The van der Waals surface area contributed by atoms with Crippen molar-refractivity contribution in [3.63, 3.8) is 0 Å². The second-order valence-electron chi connectivity index (χ2n) is 9.67. The summed E-state index contributed by atoms with van der Waals surface area (Å²) in [6, 6.07) is 15.5. The third kappa shape index (κ3) is 6.09. The summed E-state index contributed by atoms with van der Waals surface area (Å²) >= 11 is 0. The average Bonchev–Trinajstić information content (AvgIpc) is 3.76. The predicted molar refractivity (Wildman–Crippen MR) is 139 cm³/mol. The van der Waals surface area contributed by atoms with E-state index in [-0.39, 0.29) is 17.4 Å². The van der Waals surface area contributed by atoms with Gasteiger partial charge in [0.05, 0.1) is 19.8 Å². The molecule has 1 amide bonds. The van der Waals surface area contributed by atoms with Gasteiger partial charge in [0.2, 0.25) is 12.2 Å². The van der Waals surface area contributed by atoms with E-state index < -0.39 is 0 Å². The van der Waals surface area contributed by atoms with Gasteiger partial charge in [-0.25, -0.2) is 0 Å². The summed E-state index contributed by atoms with van der Waals surface area (Å²) in [6.07, 6.45) is 7.81. The van der Waals surface area contributed by atoms with Gasteiger partial charge in [-0.05, 0) is 62.6 Å². The number of guanidine groups is 1. The lowest BCUT2D eigenvalue weighted by molar-refractivity contribution is 0.0931. The van der Waals surface area contributed by atoms with E-state index in [1.165, 1.54) is 12.8 Å². The molecule has 0 aromatic heterocycles. The van der Waals surface area contributed by atoms with E-state index in [1.807, 2.05) is 36.5 Å². The van der Waals surface area contributed by atoms with Crippen LogP contribution in [0.2, 0.25) is 0 Å². The Hall–Kier alpha value is -3.73. The smallest absolute Gasteiger partial charge is 0.255 e. The van der Waals surface area contributed by atoms with Crippen LogP contribution in [0, 0.1) is 17.4 Å². The van der Waals surface area contributed by atoms with E-state index in [0.29, 0.717) is 29.7 Å². The van der Waals surface area contributed by atoms with Gasteiger partial charge in [-0.2, -0.15) is 5.26 Å². The van der Waals surface area contributed by atoms with Gasteiger partial charge >= 0.3 is 0 Å². The van der Waals surface area contributed by atoms with Crippen LogP contribution in [0.1, 0.15) is 54.4 Å². The van der Waals surface area contributed by atoms with Gasteiger partial charge in [-0.3, -0.25) is 4.79 Å². The second-order valence-corrected chi connectivity index (χ2v) is 9.67. The van der Waals surface area contributed by atoms with Crippen LogP contribution in [-0.4, -0.2) is 45.2 Å². The molecular formula is C28H35N5O3. The number of ether oxygens (including phenoxy) is 2. The molecule has 0 unspecified atom stereocenters. The van der Waals surface area contributed by atoms with E-state index in [4.69, 9.17) is 14.7 Å². The minimum Gasteiger partial charge on any atom is -0.496 e. The normalized spacial score (nSPS) is 21.7. The van der Waals surface area contributed by atoms with E-state index in [1.54, 1.807) is 26.4 Å². The van der Waals surface area contributed by atoms with Gasteiger partial charge in [-0.1, -0.05) is 30.3 Å². The number of nitrogens with zero attached hydrogens (tertiary/aromatic N) is 2. The van der Waals surface area contributed by atoms with Crippen molar-refractivity contribution < 1.29 is 14.3 Å². The number of para-hydroxylation sites is 2. The van der Waals surface area contributed by atoms with Gasteiger partial charge in [0, 0.05) is 30.1 Å². The third-order valence-electron chi connectivity index (χ3n) is 7.32. The van der Waals surface area contributed by atoms with E-state index in [9.17, 15) is 4.79 Å². The Bertz CT molecular complexity index is 1110. The first-order chi connectivity index (χ1) is 17.6. The summed E-state index contributed by atoms with van der Waals surface area (Å²) in [6.45, 7) is 1.33. The van der Waals surface area contributed by atoms with Crippen molar-refractivity contribution in [3.8, 4) is 17.7 Å². The van der Waals surface area contributed by atoms with Crippen LogP contribution in [0.25, 0.3) is 0 Å². The molecule has 2 aliphatic carbocycles. The molecule has 190 valence electrons. The Morgan fingerprint density at radius 3 is 2.33 bits per heavy atom. The molecule has 0 spiro atoms. The van der Waals surface area contributed by atoms with Crippen molar-refractivity contribution in [1.82, 2.24) is 16.0 Å². The first-order valence-electron chi connectivity index (χ1n) is 12.6. The lowest BCUT2D eigenvalue weighted by Crippen LogP contribution is -2.50. The fourth-order valence-corrected chi connectivity index (χ4v) is 5.04. The minimum atomic E-state index is -0.281. The van der Waals surface area contributed by atoms with Crippen molar-refractivity contribution in [2.75, 3.05) is 27.3 Å². The largest absolute Gasteiger partial charge is 0.496 e. The molecule has 0 radical (unpaired) electrons. The molecule has 0 atom stereocenters. The zero-order chi connectivity index (χ0) is 25.4. The number of aliphatic imine (C=N–C) groups is 1.